The van der Waals surface area contributed by atoms with Crippen molar-refractivity contribution >= 4 is 29.1 Å². The average Bonchev–Trinajstić information content (AvgIpc) is 3.45. The molecule has 5 rings (SSSR count). The molecule has 0 fully saturated rings. The number of carbonyl (C=O) groups is 2. The Bertz CT molecular complexity index is 1750. The van der Waals surface area contributed by atoms with Crippen molar-refractivity contribution in [2.24, 2.45) is 7.05 Å². The second-order valence-electron chi connectivity index (χ2n) is 8.88. The molecule has 0 saturated carbocycles. The zero-order valence-corrected chi connectivity index (χ0v) is 21.1. The lowest BCUT2D eigenvalue weighted by molar-refractivity contribution is -0.137. The first kappa shape index (κ1) is 26.9. The summed E-state index contributed by atoms with van der Waals surface area (Å²) in [7, 11) is 1.72. The molecule has 6 nitrogen and oxygen atoms in total. The minimum atomic E-state index is -4.89. The number of imidazole rings is 1. The van der Waals surface area contributed by atoms with Crippen LogP contribution in [0.5, 0.6) is 0 Å². The van der Waals surface area contributed by atoms with Crippen LogP contribution in [0, 0.1) is 23.5 Å². The summed E-state index contributed by atoms with van der Waals surface area (Å²) in [5.41, 5.74) is -0.713. The molecule has 4 aromatic rings. The lowest BCUT2D eigenvalue weighted by Gasteiger charge is -2.18. The van der Waals surface area contributed by atoms with Crippen molar-refractivity contribution in [3.05, 3.63) is 117 Å². The number of nitrogens with zero attached hydrogens (tertiary/aromatic N) is 2. The van der Waals surface area contributed by atoms with Gasteiger partial charge in [-0.3, -0.25) is 9.59 Å². The van der Waals surface area contributed by atoms with Gasteiger partial charge in [-0.15, -0.1) is 0 Å². The number of hydrogen-bond donors (Lipinski definition) is 2. The van der Waals surface area contributed by atoms with Gasteiger partial charge in [-0.05, 0) is 54.5 Å². The number of fused-ring (bicyclic) bond motifs is 1. The third kappa shape index (κ3) is 5.26. The smallest absolute Gasteiger partial charge is 0.341 e. The molecule has 0 aliphatic carbocycles. The van der Waals surface area contributed by atoms with Crippen LogP contribution in [-0.4, -0.2) is 21.4 Å². The van der Waals surface area contributed by atoms with Crippen molar-refractivity contribution in [3.63, 3.8) is 0 Å². The molecule has 1 aliphatic rings. The van der Waals surface area contributed by atoms with Gasteiger partial charge in [-0.1, -0.05) is 17.5 Å². The number of aromatic nitrogens is 2. The van der Waals surface area contributed by atoms with Crippen LogP contribution in [0.4, 0.5) is 27.6 Å². The monoisotopic (exact) mass is 570 g/mol. The van der Waals surface area contributed by atoms with Crippen LogP contribution in [0.15, 0.2) is 61.1 Å². The maximum Gasteiger partial charge on any atom is 0.416 e. The van der Waals surface area contributed by atoms with Gasteiger partial charge in [0.05, 0.1) is 24.1 Å². The first-order valence-corrected chi connectivity index (χ1v) is 11.9. The van der Waals surface area contributed by atoms with Crippen LogP contribution >= 0.6 is 11.6 Å². The maximum atomic E-state index is 14.1. The van der Waals surface area contributed by atoms with Crippen LogP contribution in [0.25, 0.3) is 0 Å². The summed E-state index contributed by atoms with van der Waals surface area (Å²) in [4.78, 5) is 30.1. The fourth-order valence-electron chi connectivity index (χ4n) is 4.27. The molecule has 40 heavy (non-hydrogen) atoms. The molecule has 1 aliphatic heterocycles. The molecule has 0 saturated heterocycles. The number of hydrogen-bond acceptors (Lipinski definition) is 3. The Morgan fingerprint density at radius 2 is 1.85 bits per heavy atom. The predicted molar refractivity (Wildman–Crippen MR) is 136 cm³/mol. The molecular weight excluding hydrogens is 555 g/mol. The summed E-state index contributed by atoms with van der Waals surface area (Å²) in [5.74, 6) is 2.20. The Hall–Kier alpha value is -4.69. The van der Waals surface area contributed by atoms with E-state index in [1.807, 2.05) is 0 Å². The van der Waals surface area contributed by atoms with Gasteiger partial charge in [0.25, 0.3) is 11.8 Å². The van der Waals surface area contributed by atoms with Gasteiger partial charge in [0.2, 0.25) is 0 Å². The number of alkyl halides is 3. The molecule has 0 radical (unpaired) electrons. The Balaban J connectivity index is 1.64. The second kappa shape index (κ2) is 10.1. The standard InChI is InChI=1S/C28H16ClF5N4O2/c1-38-13-35-12-19(38)4-2-14-6-21-24(25(37-27(21)40)20-11-17(30)3-5-22(20)29)23(7-14)36-26(39)15-8-16(28(32,33)34)10-18(31)9-15/h3,5-13,25H,1H3,(H,36,39)(H,37,40). The molecule has 2 N–H and O–H groups in total. The van der Waals surface area contributed by atoms with Crippen LogP contribution < -0.4 is 10.6 Å². The number of anilines is 1. The number of carbonyl (C=O) groups excluding carboxylic acids is 2. The summed E-state index contributed by atoms with van der Waals surface area (Å²) in [6.07, 6.45) is -1.84. The van der Waals surface area contributed by atoms with Crippen molar-refractivity contribution in [2.45, 2.75) is 12.2 Å². The molecule has 1 unspecified atom stereocenters. The molecule has 12 heteroatoms. The van der Waals surface area contributed by atoms with Gasteiger partial charge >= 0.3 is 6.18 Å². The summed E-state index contributed by atoms with van der Waals surface area (Å²) in [6.45, 7) is 0. The van der Waals surface area contributed by atoms with E-state index in [1.54, 1.807) is 11.6 Å². The van der Waals surface area contributed by atoms with Crippen LogP contribution in [0.2, 0.25) is 5.02 Å². The average molecular weight is 571 g/mol. The molecule has 0 spiro atoms. The Labute approximate surface area is 228 Å². The van der Waals surface area contributed by atoms with Crippen LogP contribution in [0.1, 0.15) is 54.7 Å². The van der Waals surface area contributed by atoms with Crippen molar-refractivity contribution < 1.29 is 31.5 Å². The number of nitrogens with one attached hydrogen (secondary N) is 2. The van der Waals surface area contributed by atoms with E-state index in [2.05, 4.69) is 27.5 Å². The highest BCUT2D eigenvalue weighted by atomic mass is 35.5. The normalized spacial score (nSPS) is 14.3. The first-order chi connectivity index (χ1) is 18.9. The van der Waals surface area contributed by atoms with Gasteiger partial charge in [0.15, 0.2) is 0 Å². The summed E-state index contributed by atoms with van der Waals surface area (Å²) >= 11 is 6.29. The van der Waals surface area contributed by atoms with Crippen molar-refractivity contribution in [1.29, 1.82) is 0 Å². The molecule has 202 valence electrons. The lowest BCUT2D eigenvalue weighted by Crippen LogP contribution is -2.21. The van der Waals surface area contributed by atoms with Gasteiger partial charge in [0, 0.05) is 45.6 Å². The van der Waals surface area contributed by atoms with E-state index in [4.69, 9.17) is 11.6 Å². The van der Waals surface area contributed by atoms with E-state index in [9.17, 15) is 31.5 Å². The molecule has 2 heterocycles. The SMILES string of the molecule is Cn1cncc1C#Cc1cc(NC(=O)c2cc(F)cc(C(F)(F)F)c2)c2c(c1)C(=O)NC2c1cc(F)ccc1Cl. The van der Waals surface area contributed by atoms with Crippen LogP contribution in [0.3, 0.4) is 0 Å². The van der Waals surface area contributed by atoms with Crippen molar-refractivity contribution in [3.8, 4) is 11.8 Å². The third-order valence-electron chi connectivity index (χ3n) is 6.14. The number of amides is 2. The van der Waals surface area contributed by atoms with Crippen molar-refractivity contribution in [2.75, 3.05) is 5.32 Å². The van der Waals surface area contributed by atoms with Crippen LogP contribution in [-0.2, 0) is 13.2 Å². The van der Waals surface area contributed by atoms with E-state index in [0.29, 0.717) is 17.8 Å². The number of halogens is 6. The Morgan fingerprint density at radius 1 is 1.07 bits per heavy atom. The van der Waals surface area contributed by atoms with Gasteiger partial charge in [-0.2, -0.15) is 13.2 Å². The topological polar surface area (TPSA) is 76.0 Å². The van der Waals surface area contributed by atoms with E-state index >= 15 is 0 Å². The Morgan fingerprint density at radius 3 is 2.55 bits per heavy atom. The summed E-state index contributed by atoms with van der Waals surface area (Å²) < 4.78 is 69.5. The number of benzene rings is 3. The second-order valence-corrected chi connectivity index (χ2v) is 9.28. The molecule has 3 aromatic carbocycles. The first-order valence-electron chi connectivity index (χ1n) is 11.5. The highest BCUT2D eigenvalue weighted by Gasteiger charge is 2.35. The minimum Gasteiger partial charge on any atom is -0.341 e. The summed E-state index contributed by atoms with van der Waals surface area (Å²) in [5, 5.41) is 5.29. The quantitative estimate of drug-likeness (QED) is 0.239. The minimum absolute atomic E-state index is 0.0155. The highest BCUT2D eigenvalue weighted by molar-refractivity contribution is 6.31. The van der Waals surface area contributed by atoms with E-state index in [-0.39, 0.29) is 39.0 Å². The van der Waals surface area contributed by atoms with Crippen molar-refractivity contribution in [1.82, 2.24) is 14.9 Å². The third-order valence-corrected chi connectivity index (χ3v) is 6.49. The summed E-state index contributed by atoms with van der Waals surface area (Å²) in [6, 6.07) is 6.83. The van der Waals surface area contributed by atoms with E-state index in [1.165, 1.54) is 30.7 Å². The molecule has 2 amide bonds. The molecular formula is C28H16ClF5N4O2. The predicted octanol–water partition coefficient (Wildman–Crippen LogP) is 5.86. The maximum absolute atomic E-state index is 14.1. The van der Waals surface area contributed by atoms with Gasteiger partial charge < -0.3 is 15.2 Å². The van der Waals surface area contributed by atoms with Gasteiger partial charge in [-0.25, -0.2) is 13.8 Å². The molecule has 1 aromatic heterocycles. The molecule has 1 atom stereocenters. The number of rotatable bonds is 3. The van der Waals surface area contributed by atoms with Gasteiger partial charge in [0.1, 0.15) is 17.3 Å². The number of aryl methyl sites for hydroxylation is 1. The van der Waals surface area contributed by atoms with E-state index in [0.717, 1.165) is 12.1 Å². The molecule has 0 bridgehead atoms. The zero-order chi connectivity index (χ0) is 28.8. The lowest BCUT2D eigenvalue weighted by atomic mass is 9.94. The fraction of sp³-hybridized carbons (Fsp3) is 0.107. The zero-order valence-electron chi connectivity index (χ0n) is 20.3. The Kier molecular flexibility index (Phi) is 6.81. The van der Waals surface area contributed by atoms with E-state index < -0.39 is 46.8 Å². The fourth-order valence-corrected chi connectivity index (χ4v) is 4.50. The highest BCUT2D eigenvalue weighted by Crippen LogP contribution is 2.40. The largest absolute Gasteiger partial charge is 0.416 e.